The van der Waals surface area contributed by atoms with Gasteiger partial charge in [-0.3, -0.25) is 4.79 Å². The Labute approximate surface area is 196 Å². The van der Waals surface area contributed by atoms with E-state index in [1.54, 1.807) is 20.0 Å². The second-order valence-corrected chi connectivity index (χ2v) is 8.53. The molecule has 34 heavy (non-hydrogen) atoms. The van der Waals surface area contributed by atoms with E-state index in [2.05, 4.69) is 20.6 Å². The first-order chi connectivity index (χ1) is 16.3. The summed E-state index contributed by atoms with van der Waals surface area (Å²) in [7, 11) is 1.80. The lowest BCUT2D eigenvalue weighted by atomic mass is 10.0. The summed E-state index contributed by atoms with van der Waals surface area (Å²) in [4.78, 5) is 21.1. The van der Waals surface area contributed by atoms with Crippen molar-refractivity contribution in [2.75, 3.05) is 24.7 Å². The number of hydrogen-bond donors (Lipinski definition) is 3. The number of nitrogens with zero attached hydrogens (tertiary/aromatic N) is 2. The van der Waals surface area contributed by atoms with Gasteiger partial charge in [-0.2, -0.15) is 0 Å². The Kier molecular flexibility index (Phi) is 6.74. The highest BCUT2D eigenvalue weighted by Crippen LogP contribution is 2.40. The lowest BCUT2D eigenvalue weighted by Crippen LogP contribution is -2.28. The summed E-state index contributed by atoms with van der Waals surface area (Å²) < 4.78 is 35.1. The highest BCUT2D eigenvalue weighted by Gasteiger charge is 2.25. The number of benzene rings is 2. The molecule has 1 aromatic heterocycles. The minimum absolute atomic E-state index is 0.0251. The van der Waals surface area contributed by atoms with Crippen LogP contribution in [0.3, 0.4) is 0 Å². The zero-order valence-corrected chi connectivity index (χ0v) is 19.3. The number of halogens is 2. The lowest BCUT2D eigenvalue weighted by molar-refractivity contribution is 0.102. The van der Waals surface area contributed by atoms with Crippen LogP contribution >= 0.6 is 0 Å². The zero-order chi connectivity index (χ0) is 24.4. The predicted octanol–water partition coefficient (Wildman–Crippen LogP) is 4.43. The molecule has 1 saturated carbocycles. The van der Waals surface area contributed by atoms with E-state index in [1.165, 1.54) is 30.6 Å². The van der Waals surface area contributed by atoms with Crippen molar-refractivity contribution in [1.29, 1.82) is 0 Å². The topological polar surface area (TPSA) is 102 Å². The Hall–Kier alpha value is -3.59. The summed E-state index contributed by atoms with van der Waals surface area (Å²) in [5, 5.41) is 5.69. The summed E-state index contributed by atoms with van der Waals surface area (Å²) in [6.45, 7) is 3.92. The van der Waals surface area contributed by atoms with E-state index in [-0.39, 0.29) is 35.5 Å². The molecule has 1 amide bonds. The summed E-state index contributed by atoms with van der Waals surface area (Å²) in [6, 6.07) is 7.12. The van der Waals surface area contributed by atoms with Crippen LogP contribution in [0.4, 0.5) is 20.3 Å². The van der Waals surface area contributed by atoms with Crippen molar-refractivity contribution < 1.29 is 18.3 Å². The first-order valence-corrected chi connectivity index (χ1v) is 11.1. The van der Waals surface area contributed by atoms with Gasteiger partial charge in [0.2, 0.25) is 0 Å². The minimum atomic E-state index is -0.666. The number of hydrogen-bond acceptors (Lipinski definition) is 6. The van der Waals surface area contributed by atoms with Crippen LogP contribution in [0.5, 0.6) is 5.75 Å². The fourth-order valence-corrected chi connectivity index (χ4v) is 3.64. The smallest absolute Gasteiger partial charge is 0.258 e. The summed E-state index contributed by atoms with van der Waals surface area (Å²) in [6.07, 6.45) is 3.32. The van der Waals surface area contributed by atoms with Crippen LogP contribution in [0.1, 0.15) is 47.2 Å². The van der Waals surface area contributed by atoms with Gasteiger partial charge in [0, 0.05) is 17.3 Å². The van der Waals surface area contributed by atoms with E-state index in [0.717, 1.165) is 18.4 Å². The zero-order valence-electron chi connectivity index (χ0n) is 19.3. The summed E-state index contributed by atoms with van der Waals surface area (Å²) >= 11 is 0. The van der Waals surface area contributed by atoms with Crippen LogP contribution in [-0.2, 0) is 0 Å². The first-order valence-electron chi connectivity index (χ1n) is 11.1. The molecule has 9 heteroatoms. The van der Waals surface area contributed by atoms with Crippen molar-refractivity contribution in [1.82, 2.24) is 15.3 Å². The fourth-order valence-electron chi connectivity index (χ4n) is 3.64. The third-order valence-corrected chi connectivity index (χ3v) is 5.96. The molecule has 0 saturated heterocycles. The second-order valence-electron chi connectivity index (χ2n) is 8.53. The molecule has 0 spiro atoms. The van der Waals surface area contributed by atoms with Gasteiger partial charge in [0.05, 0.1) is 5.56 Å². The normalized spacial score (nSPS) is 14.0. The Morgan fingerprint density at radius 1 is 1.24 bits per heavy atom. The van der Waals surface area contributed by atoms with Crippen LogP contribution in [0.15, 0.2) is 36.7 Å². The van der Waals surface area contributed by atoms with E-state index in [0.29, 0.717) is 22.7 Å². The number of likely N-dealkylation sites (N-methyl/N-ethyl adjacent to an activating group) is 1. The van der Waals surface area contributed by atoms with Crippen LogP contribution in [0.2, 0.25) is 0 Å². The van der Waals surface area contributed by atoms with Gasteiger partial charge in [-0.15, -0.1) is 0 Å². The Bertz CT molecular complexity index is 1230. The highest BCUT2D eigenvalue weighted by molar-refractivity contribution is 6.05. The van der Waals surface area contributed by atoms with Crippen molar-refractivity contribution in [3.63, 3.8) is 0 Å². The maximum absolute atomic E-state index is 14.6. The number of amides is 1. The number of aromatic nitrogens is 2. The molecule has 0 unspecified atom stereocenters. The SMILES string of the molecule is CN[C@@H](C)COc1c(N)ncnc1-c1cc(F)cc(NC(=O)c2ccc(C3CC3)cc2F)c1C. The molecule has 178 valence electrons. The summed E-state index contributed by atoms with van der Waals surface area (Å²) in [5.74, 6) is -1.17. The fraction of sp³-hybridized carbons (Fsp3) is 0.320. The van der Waals surface area contributed by atoms with E-state index < -0.39 is 17.5 Å². The van der Waals surface area contributed by atoms with Gasteiger partial charge < -0.3 is 21.1 Å². The van der Waals surface area contributed by atoms with E-state index in [9.17, 15) is 13.6 Å². The molecule has 1 atom stereocenters. The van der Waals surface area contributed by atoms with Gasteiger partial charge in [0.25, 0.3) is 5.91 Å². The van der Waals surface area contributed by atoms with Gasteiger partial charge in [-0.05, 0) is 75.0 Å². The third-order valence-electron chi connectivity index (χ3n) is 5.96. The molecule has 2 aromatic carbocycles. The molecule has 1 aliphatic rings. The number of nitrogens with one attached hydrogen (secondary N) is 2. The van der Waals surface area contributed by atoms with Gasteiger partial charge in [-0.1, -0.05) is 6.07 Å². The quantitative estimate of drug-likeness (QED) is 0.453. The molecule has 1 aliphatic carbocycles. The lowest BCUT2D eigenvalue weighted by Gasteiger charge is -2.18. The average molecular weight is 468 g/mol. The largest absolute Gasteiger partial charge is 0.486 e. The Morgan fingerprint density at radius 3 is 2.68 bits per heavy atom. The first kappa shape index (κ1) is 23.6. The van der Waals surface area contributed by atoms with Crippen LogP contribution in [-0.4, -0.2) is 35.6 Å². The molecule has 4 rings (SSSR count). The average Bonchev–Trinajstić information content (AvgIpc) is 3.65. The Morgan fingerprint density at radius 2 is 2.00 bits per heavy atom. The van der Waals surface area contributed by atoms with E-state index >= 15 is 0 Å². The third kappa shape index (κ3) is 4.99. The van der Waals surface area contributed by atoms with Crippen molar-refractivity contribution in [2.24, 2.45) is 0 Å². The van der Waals surface area contributed by atoms with Crippen molar-refractivity contribution in [2.45, 2.75) is 38.6 Å². The van der Waals surface area contributed by atoms with Crippen molar-refractivity contribution >= 4 is 17.4 Å². The van der Waals surface area contributed by atoms with Crippen LogP contribution < -0.4 is 21.1 Å². The van der Waals surface area contributed by atoms with Crippen molar-refractivity contribution in [3.8, 4) is 17.0 Å². The molecule has 1 heterocycles. The second kappa shape index (κ2) is 9.72. The van der Waals surface area contributed by atoms with Crippen LogP contribution in [0, 0.1) is 18.6 Å². The molecule has 0 aliphatic heterocycles. The molecular weight excluding hydrogens is 440 g/mol. The molecule has 1 fully saturated rings. The molecule has 0 bridgehead atoms. The molecule has 7 nitrogen and oxygen atoms in total. The maximum Gasteiger partial charge on any atom is 0.258 e. The highest BCUT2D eigenvalue weighted by atomic mass is 19.1. The van der Waals surface area contributed by atoms with Gasteiger partial charge in [0.15, 0.2) is 11.6 Å². The molecule has 3 aromatic rings. The van der Waals surface area contributed by atoms with E-state index in [1.807, 2.05) is 6.92 Å². The number of rotatable bonds is 8. The minimum Gasteiger partial charge on any atom is -0.486 e. The number of nitrogens with two attached hydrogens (primary N) is 1. The number of ether oxygens (including phenoxy) is 1. The Balaban J connectivity index is 1.66. The molecule has 4 N–H and O–H groups in total. The standard InChI is InChI=1S/C25H27F2N5O2/c1-13(29-3)11-34-23-22(30-12-31-24(23)28)19-9-17(26)10-21(14(19)2)32-25(33)18-7-6-16(8-20(18)27)15-4-5-15/h6-10,12-13,15,29H,4-5,11H2,1-3H3,(H,32,33)(H2,28,30,31)/t13-/m0/s1. The predicted molar refractivity (Wildman–Crippen MR) is 127 cm³/mol. The number of nitrogen functional groups attached to an aromatic ring is 1. The van der Waals surface area contributed by atoms with Gasteiger partial charge >= 0.3 is 0 Å². The number of carbonyl (C=O) groups excluding carboxylic acids is 1. The maximum atomic E-state index is 14.6. The summed E-state index contributed by atoms with van der Waals surface area (Å²) in [5.41, 5.74) is 8.19. The van der Waals surface area contributed by atoms with Gasteiger partial charge in [-0.25, -0.2) is 18.7 Å². The molecule has 0 radical (unpaired) electrons. The van der Waals surface area contributed by atoms with Crippen LogP contribution in [0.25, 0.3) is 11.3 Å². The molecular formula is C25H27F2N5O2. The van der Waals surface area contributed by atoms with E-state index in [4.69, 9.17) is 10.5 Å². The van der Waals surface area contributed by atoms with Gasteiger partial charge in [0.1, 0.15) is 30.3 Å². The number of anilines is 2. The monoisotopic (exact) mass is 467 g/mol. The van der Waals surface area contributed by atoms with Crippen molar-refractivity contribution in [3.05, 3.63) is 65.0 Å². The number of carbonyl (C=O) groups is 1.